The first kappa shape index (κ1) is 27.6. The number of nitrogens with one attached hydrogen (secondary N) is 3. The van der Waals surface area contributed by atoms with Crippen molar-refractivity contribution in [2.24, 2.45) is 0 Å². The van der Waals surface area contributed by atoms with E-state index >= 15 is 0 Å². The van der Waals surface area contributed by atoms with E-state index in [9.17, 15) is 31.1 Å². The SMILES string of the molecule is C=C(NCc1ccccc1C(F)(F)F)c1cc(NC(=O)c2ccccc2C(F)(F)F)cc2[nH]c(OCC)nc12. The molecule has 6 nitrogen and oxygen atoms in total. The number of aromatic amines is 1. The van der Waals surface area contributed by atoms with Crippen molar-refractivity contribution in [3.8, 4) is 6.01 Å². The minimum Gasteiger partial charge on any atom is -0.465 e. The van der Waals surface area contributed by atoms with E-state index in [-0.39, 0.29) is 36.1 Å². The fourth-order valence-corrected chi connectivity index (χ4v) is 3.98. The highest BCUT2D eigenvalue weighted by Crippen LogP contribution is 2.34. The van der Waals surface area contributed by atoms with Crippen LogP contribution in [-0.2, 0) is 18.9 Å². The zero-order valence-corrected chi connectivity index (χ0v) is 20.4. The number of halogens is 6. The number of imidazole rings is 1. The monoisotopic (exact) mass is 548 g/mol. The van der Waals surface area contributed by atoms with Crippen LogP contribution in [0.15, 0.2) is 67.2 Å². The Kier molecular flexibility index (Phi) is 7.57. The topological polar surface area (TPSA) is 79.0 Å². The fraction of sp³-hybridized carbons (Fsp3) is 0.185. The lowest BCUT2D eigenvalue weighted by atomic mass is 10.0. The molecule has 1 amide bonds. The number of fused-ring (bicyclic) bond motifs is 1. The van der Waals surface area contributed by atoms with E-state index in [1.165, 1.54) is 42.5 Å². The van der Waals surface area contributed by atoms with Crippen LogP contribution in [0.1, 0.15) is 39.5 Å². The molecule has 39 heavy (non-hydrogen) atoms. The third-order valence-electron chi connectivity index (χ3n) is 5.72. The van der Waals surface area contributed by atoms with Gasteiger partial charge in [0.15, 0.2) is 0 Å². The summed E-state index contributed by atoms with van der Waals surface area (Å²) in [4.78, 5) is 20.1. The highest BCUT2D eigenvalue weighted by molar-refractivity contribution is 6.06. The molecule has 3 aromatic carbocycles. The van der Waals surface area contributed by atoms with Gasteiger partial charge < -0.3 is 20.4 Å². The van der Waals surface area contributed by atoms with E-state index in [0.717, 1.165) is 18.2 Å². The van der Waals surface area contributed by atoms with Gasteiger partial charge in [0, 0.05) is 23.5 Å². The molecule has 4 aromatic rings. The molecule has 0 fully saturated rings. The predicted molar refractivity (Wildman–Crippen MR) is 134 cm³/mol. The first-order valence-electron chi connectivity index (χ1n) is 11.6. The van der Waals surface area contributed by atoms with Gasteiger partial charge in [-0.15, -0.1) is 0 Å². The highest BCUT2D eigenvalue weighted by atomic mass is 19.4. The maximum absolute atomic E-state index is 13.4. The summed E-state index contributed by atoms with van der Waals surface area (Å²) < 4.78 is 85.9. The molecule has 0 saturated heterocycles. The second-order valence-electron chi connectivity index (χ2n) is 8.38. The van der Waals surface area contributed by atoms with Crippen molar-refractivity contribution in [2.75, 3.05) is 11.9 Å². The zero-order chi connectivity index (χ0) is 28.4. The average molecular weight is 548 g/mol. The average Bonchev–Trinajstić information content (AvgIpc) is 3.28. The van der Waals surface area contributed by atoms with Crippen LogP contribution in [0.2, 0.25) is 0 Å². The molecule has 0 aliphatic carbocycles. The van der Waals surface area contributed by atoms with Crippen molar-refractivity contribution < 1.29 is 35.9 Å². The molecule has 3 N–H and O–H groups in total. The summed E-state index contributed by atoms with van der Waals surface area (Å²) in [6.45, 7) is 5.70. The molecule has 0 spiro atoms. The molecular formula is C27H22F6N4O2. The second kappa shape index (κ2) is 10.7. The van der Waals surface area contributed by atoms with E-state index in [1.807, 2.05) is 0 Å². The van der Waals surface area contributed by atoms with Gasteiger partial charge in [-0.25, -0.2) is 0 Å². The maximum atomic E-state index is 13.4. The standard InChI is InChI=1S/C27H22F6N4O2/c1-3-39-25-36-22-13-17(35-24(38)18-9-5-7-11-21(18)27(31,32)33)12-19(23(22)37-25)15(2)34-14-16-8-4-6-10-20(16)26(28,29)30/h4-13,34H,2-3,14H2,1H3,(H,35,38)(H,36,37). The number of H-pyrrole nitrogens is 1. The molecule has 0 atom stereocenters. The van der Waals surface area contributed by atoms with Crippen molar-refractivity contribution in [1.29, 1.82) is 0 Å². The molecule has 0 aliphatic rings. The number of ether oxygens (including phenoxy) is 1. The molecule has 0 radical (unpaired) electrons. The van der Waals surface area contributed by atoms with Crippen LogP contribution in [-0.4, -0.2) is 22.5 Å². The Morgan fingerprint density at radius 1 is 0.949 bits per heavy atom. The highest BCUT2D eigenvalue weighted by Gasteiger charge is 2.35. The van der Waals surface area contributed by atoms with E-state index < -0.39 is 35.0 Å². The van der Waals surface area contributed by atoms with Crippen LogP contribution in [0.4, 0.5) is 32.0 Å². The van der Waals surface area contributed by atoms with Gasteiger partial charge in [0.05, 0.1) is 28.8 Å². The van der Waals surface area contributed by atoms with Crippen LogP contribution in [0.25, 0.3) is 16.7 Å². The van der Waals surface area contributed by atoms with Crippen LogP contribution in [0.5, 0.6) is 6.01 Å². The first-order valence-corrected chi connectivity index (χ1v) is 11.6. The van der Waals surface area contributed by atoms with E-state index in [2.05, 4.69) is 27.2 Å². The van der Waals surface area contributed by atoms with Gasteiger partial charge in [-0.2, -0.15) is 31.3 Å². The Labute approximate surface area is 218 Å². The molecule has 4 rings (SSSR count). The van der Waals surface area contributed by atoms with Gasteiger partial charge in [0.1, 0.15) is 5.52 Å². The number of carbonyl (C=O) groups excluding carboxylic acids is 1. The molecule has 1 heterocycles. The van der Waals surface area contributed by atoms with Crippen LogP contribution in [0, 0.1) is 0 Å². The number of rotatable bonds is 8. The Balaban J connectivity index is 1.68. The molecule has 0 saturated carbocycles. The van der Waals surface area contributed by atoms with Crippen molar-refractivity contribution in [3.63, 3.8) is 0 Å². The lowest BCUT2D eigenvalue weighted by molar-refractivity contribution is -0.138. The summed E-state index contributed by atoms with van der Waals surface area (Å²) in [5, 5.41) is 5.31. The summed E-state index contributed by atoms with van der Waals surface area (Å²) in [6, 6.07) is 12.4. The number of aromatic nitrogens is 2. The lowest BCUT2D eigenvalue weighted by Gasteiger charge is -2.16. The summed E-state index contributed by atoms with van der Waals surface area (Å²) in [7, 11) is 0. The summed E-state index contributed by atoms with van der Waals surface area (Å²) in [6.07, 6.45) is -9.30. The first-order chi connectivity index (χ1) is 18.4. The molecular weight excluding hydrogens is 526 g/mol. The van der Waals surface area contributed by atoms with Crippen molar-refractivity contribution in [2.45, 2.75) is 25.8 Å². The van der Waals surface area contributed by atoms with Crippen molar-refractivity contribution in [1.82, 2.24) is 15.3 Å². The summed E-state index contributed by atoms with van der Waals surface area (Å²) >= 11 is 0. The minimum absolute atomic E-state index is 0.0207. The molecule has 0 unspecified atom stereocenters. The Hall–Kier alpha value is -4.48. The molecule has 12 heteroatoms. The Morgan fingerprint density at radius 2 is 1.59 bits per heavy atom. The minimum atomic E-state index is -4.75. The van der Waals surface area contributed by atoms with Crippen LogP contribution in [0.3, 0.4) is 0 Å². The normalized spacial score (nSPS) is 11.9. The number of hydrogen-bond donors (Lipinski definition) is 3. The van der Waals surface area contributed by atoms with Crippen molar-refractivity contribution in [3.05, 3.63) is 95.1 Å². The largest absolute Gasteiger partial charge is 0.465 e. The van der Waals surface area contributed by atoms with Crippen LogP contribution < -0.4 is 15.4 Å². The number of amides is 1. The number of hydrogen-bond acceptors (Lipinski definition) is 4. The number of benzene rings is 3. The van der Waals surface area contributed by atoms with E-state index in [0.29, 0.717) is 16.6 Å². The molecule has 0 bridgehead atoms. The van der Waals surface area contributed by atoms with Gasteiger partial charge in [0.2, 0.25) is 0 Å². The number of alkyl halides is 6. The smallest absolute Gasteiger partial charge is 0.417 e. The van der Waals surface area contributed by atoms with Gasteiger partial charge in [-0.3, -0.25) is 4.79 Å². The number of carbonyl (C=O) groups is 1. The lowest BCUT2D eigenvalue weighted by Crippen LogP contribution is -2.19. The Morgan fingerprint density at radius 3 is 2.26 bits per heavy atom. The third-order valence-corrected chi connectivity index (χ3v) is 5.72. The quantitative estimate of drug-likeness (QED) is 0.207. The second-order valence-corrected chi connectivity index (χ2v) is 8.38. The van der Waals surface area contributed by atoms with Gasteiger partial charge in [-0.05, 0) is 42.8 Å². The summed E-state index contributed by atoms with van der Waals surface area (Å²) in [5.74, 6) is -1.00. The molecule has 204 valence electrons. The van der Waals surface area contributed by atoms with E-state index in [1.54, 1.807) is 6.92 Å². The maximum Gasteiger partial charge on any atom is 0.417 e. The van der Waals surface area contributed by atoms with Gasteiger partial charge in [0.25, 0.3) is 11.9 Å². The van der Waals surface area contributed by atoms with Crippen LogP contribution >= 0.6 is 0 Å². The Bertz CT molecular complexity index is 1520. The molecule has 1 aromatic heterocycles. The number of nitrogens with zero attached hydrogens (tertiary/aromatic N) is 1. The van der Waals surface area contributed by atoms with Gasteiger partial charge in [-0.1, -0.05) is 36.9 Å². The third kappa shape index (κ3) is 6.16. The zero-order valence-electron chi connectivity index (χ0n) is 20.4. The van der Waals surface area contributed by atoms with Gasteiger partial charge >= 0.3 is 12.4 Å². The predicted octanol–water partition coefficient (Wildman–Crippen LogP) is 7.01. The fourth-order valence-electron chi connectivity index (χ4n) is 3.98. The summed E-state index contributed by atoms with van der Waals surface area (Å²) in [5.41, 5.74) is -1.26. The van der Waals surface area contributed by atoms with E-state index in [4.69, 9.17) is 4.74 Å². The molecule has 0 aliphatic heterocycles. The number of anilines is 1. The van der Waals surface area contributed by atoms with Crippen molar-refractivity contribution >= 4 is 28.3 Å².